The number of allylic oxidation sites excluding steroid dienone is 4. The summed E-state index contributed by atoms with van der Waals surface area (Å²) in [6, 6.07) is 35.4. The highest BCUT2D eigenvalue weighted by Gasteiger charge is 2.10. The van der Waals surface area contributed by atoms with Crippen molar-refractivity contribution in [1.29, 1.82) is 0 Å². The summed E-state index contributed by atoms with van der Waals surface area (Å²) in [5.74, 6) is 2.13. The fourth-order valence-corrected chi connectivity index (χ4v) is 9.08. The molecular weight excluding hydrogens is 685 g/mol. The number of hydrogen-bond donors (Lipinski definition) is 1. The molecule has 0 aliphatic heterocycles. The third kappa shape index (κ3) is 8.51. The van der Waals surface area contributed by atoms with E-state index in [4.69, 9.17) is 0 Å². The number of para-hydroxylation sites is 2. The highest BCUT2D eigenvalue weighted by Crippen LogP contribution is 2.31. The number of hydrogen-bond acceptors (Lipinski definition) is 3. The van der Waals surface area contributed by atoms with E-state index in [1.165, 1.54) is 65.9 Å². The number of fused-ring (bicyclic) bond motifs is 6. The molecule has 0 bridgehead atoms. The predicted octanol–water partition coefficient (Wildman–Crippen LogP) is 11.9. The highest BCUT2D eigenvalue weighted by atomic mass is 33.1. The summed E-state index contributed by atoms with van der Waals surface area (Å²) in [7, 11) is 3.87. The maximum absolute atomic E-state index is 3.48. The first-order chi connectivity index (χ1) is 26.2. The third-order valence-corrected chi connectivity index (χ3v) is 12.1. The number of pyridine rings is 1. The number of nitrogens with zero attached hydrogens (tertiary/aromatic N) is 3. The molecule has 4 nitrogen and oxygen atoms in total. The number of nitrogens with one attached hydrogen (secondary N) is 1. The summed E-state index contributed by atoms with van der Waals surface area (Å²) in [4.78, 5) is 0. The minimum Gasteiger partial charge on any atom is -0.390 e. The Hall–Kier alpha value is -4.91. The van der Waals surface area contributed by atoms with E-state index in [-0.39, 0.29) is 0 Å². The summed E-state index contributed by atoms with van der Waals surface area (Å²) < 4.78 is 7.07. The molecule has 7 aromatic rings. The molecule has 0 fully saturated rings. The van der Waals surface area contributed by atoms with Crippen molar-refractivity contribution in [2.45, 2.75) is 46.8 Å². The molecule has 53 heavy (non-hydrogen) atoms. The van der Waals surface area contributed by atoms with Crippen LogP contribution in [0.1, 0.15) is 43.9 Å². The molecule has 0 aliphatic carbocycles. The fourth-order valence-electron chi connectivity index (χ4n) is 7.17. The second kappa shape index (κ2) is 17.7. The maximum Gasteiger partial charge on any atom is 0.169 e. The quantitative estimate of drug-likeness (QED) is 0.0463. The van der Waals surface area contributed by atoms with Gasteiger partial charge in [0, 0.05) is 81.1 Å². The van der Waals surface area contributed by atoms with E-state index >= 15 is 0 Å². The number of rotatable bonds is 16. The molecule has 7 rings (SSSR count). The van der Waals surface area contributed by atoms with Crippen LogP contribution < -0.4 is 9.88 Å². The van der Waals surface area contributed by atoms with Gasteiger partial charge in [0.1, 0.15) is 0 Å². The minimum absolute atomic E-state index is 0.942. The lowest BCUT2D eigenvalue weighted by molar-refractivity contribution is -0.692. The Morgan fingerprint density at radius 3 is 1.79 bits per heavy atom. The van der Waals surface area contributed by atoms with Crippen molar-refractivity contribution in [2.75, 3.05) is 18.1 Å². The van der Waals surface area contributed by atoms with Crippen LogP contribution in [-0.2, 0) is 19.6 Å². The second-order valence-corrected chi connectivity index (χ2v) is 15.9. The largest absolute Gasteiger partial charge is 0.390 e. The average Bonchev–Trinajstić information content (AvgIpc) is 3.70. The first-order valence-corrected chi connectivity index (χ1v) is 21.4. The SMILES string of the molecule is CC/C=C(\C=C/NCCSSCC[n+]1ccc(/C=C/c2ccc3c(c2)c2ccccc2n3CC)cc1)/C=C/c1ccc2c(c1)c1ccccc1n2CC. The summed E-state index contributed by atoms with van der Waals surface area (Å²) in [6.07, 6.45) is 20.8. The number of aromatic nitrogens is 3. The van der Waals surface area contributed by atoms with Crippen molar-refractivity contribution in [1.82, 2.24) is 14.5 Å². The van der Waals surface area contributed by atoms with Gasteiger partial charge in [-0.15, -0.1) is 0 Å². The van der Waals surface area contributed by atoms with E-state index < -0.39 is 0 Å². The van der Waals surface area contributed by atoms with Crippen LogP contribution >= 0.6 is 21.6 Å². The zero-order chi connectivity index (χ0) is 36.4. The Morgan fingerprint density at radius 1 is 0.604 bits per heavy atom. The van der Waals surface area contributed by atoms with Crippen molar-refractivity contribution in [3.8, 4) is 0 Å². The topological polar surface area (TPSA) is 25.8 Å². The van der Waals surface area contributed by atoms with E-state index in [0.717, 1.165) is 44.1 Å². The lowest BCUT2D eigenvalue weighted by atomic mass is 10.1. The molecule has 0 aliphatic rings. The zero-order valence-corrected chi connectivity index (χ0v) is 32.7. The number of aryl methyl sites for hydroxylation is 3. The molecule has 1 N–H and O–H groups in total. The van der Waals surface area contributed by atoms with Crippen molar-refractivity contribution < 1.29 is 4.57 Å². The Balaban J connectivity index is 0.832. The molecule has 6 heteroatoms. The van der Waals surface area contributed by atoms with Gasteiger partial charge in [0.15, 0.2) is 18.9 Å². The van der Waals surface area contributed by atoms with Gasteiger partial charge in [-0.25, -0.2) is 4.57 Å². The standard InChI is InChI=1S/C47H49N4S2/c1-4-11-36(16-18-38-20-22-46-42(34-38)40-12-7-9-14-44(40)50(46)5-2)24-27-48-28-32-52-53-33-31-49-29-25-37(26-30-49)17-19-39-21-23-47-43(35-39)41-13-8-10-15-45(41)51(47)6-3/h7-27,29-30,34-35,48H,4-6,28,31-33H2,1-3H3/q+1/b18-16+,27-24-,36-11-. The normalized spacial score (nSPS) is 12.6. The molecule has 0 atom stereocenters. The first-order valence-electron chi connectivity index (χ1n) is 18.9. The molecule has 0 amide bonds. The van der Waals surface area contributed by atoms with Gasteiger partial charge in [0.05, 0.1) is 5.75 Å². The van der Waals surface area contributed by atoms with Crippen molar-refractivity contribution in [3.63, 3.8) is 0 Å². The summed E-state index contributed by atoms with van der Waals surface area (Å²) in [5, 5.41) is 8.77. The molecule has 0 radical (unpaired) electrons. The highest BCUT2D eigenvalue weighted by molar-refractivity contribution is 8.76. The molecule has 3 heterocycles. The second-order valence-electron chi connectivity index (χ2n) is 13.2. The lowest BCUT2D eigenvalue weighted by Gasteiger charge is -2.03. The summed E-state index contributed by atoms with van der Waals surface area (Å²) in [6.45, 7) is 10.5. The van der Waals surface area contributed by atoms with E-state index in [2.05, 4.69) is 192 Å². The Kier molecular flexibility index (Phi) is 12.2. The van der Waals surface area contributed by atoms with Gasteiger partial charge < -0.3 is 14.5 Å². The van der Waals surface area contributed by atoms with Gasteiger partial charge in [0.25, 0.3) is 0 Å². The summed E-state index contributed by atoms with van der Waals surface area (Å²) >= 11 is 0. The van der Waals surface area contributed by atoms with Crippen LogP contribution in [-0.4, -0.2) is 27.2 Å². The molecule has 0 spiro atoms. The van der Waals surface area contributed by atoms with E-state index in [0.29, 0.717) is 0 Å². The van der Waals surface area contributed by atoms with Crippen molar-refractivity contribution >= 4 is 83.4 Å². The van der Waals surface area contributed by atoms with Crippen LogP contribution in [0.5, 0.6) is 0 Å². The maximum atomic E-state index is 3.48. The van der Waals surface area contributed by atoms with Crippen LogP contribution in [0.4, 0.5) is 0 Å². The van der Waals surface area contributed by atoms with Gasteiger partial charge in [-0.2, -0.15) is 0 Å². The Bertz CT molecular complexity index is 2440. The van der Waals surface area contributed by atoms with Crippen molar-refractivity contribution in [3.05, 3.63) is 156 Å². The van der Waals surface area contributed by atoms with Gasteiger partial charge in [-0.1, -0.05) is 107 Å². The molecule has 0 saturated carbocycles. The van der Waals surface area contributed by atoms with Gasteiger partial charge in [-0.05, 0) is 91.2 Å². The third-order valence-electron chi connectivity index (χ3n) is 9.76. The molecule has 4 aromatic carbocycles. The zero-order valence-electron chi connectivity index (χ0n) is 31.0. The van der Waals surface area contributed by atoms with Crippen LogP contribution in [0.15, 0.2) is 139 Å². The van der Waals surface area contributed by atoms with Crippen LogP contribution in [0.2, 0.25) is 0 Å². The summed E-state index contributed by atoms with van der Waals surface area (Å²) in [5.41, 5.74) is 10.1. The van der Waals surface area contributed by atoms with E-state index in [1.807, 2.05) is 21.6 Å². The van der Waals surface area contributed by atoms with E-state index in [1.54, 1.807) is 0 Å². The monoisotopic (exact) mass is 733 g/mol. The van der Waals surface area contributed by atoms with Gasteiger partial charge in [-0.3, -0.25) is 0 Å². The van der Waals surface area contributed by atoms with Crippen LogP contribution in [0, 0.1) is 0 Å². The smallest absolute Gasteiger partial charge is 0.169 e. The fraction of sp³-hybridized carbons (Fsp3) is 0.213. The van der Waals surface area contributed by atoms with Gasteiger partial charge >= 0.3 is 0 Å². The molecule has 0 saturated heterocycles. The Morgan fingerprint density at radius 2 is 1.17 bits per heavy atom. The van der Waals surface area contributed by atoms with Gasteiger partial charge in [0.2, 0.25) is 0 Å². The molecular formula is C47H49N4S2+. The molecule has 268 valence electrons. The Labute approximate surface area is 322 Å². The van der Waals surface area contributed by atoms with Crippen LogP contribution in [0.25, 0.3) is 61.8 Å². The van der Waals surface area contributed by atoms with Crippen LogP contribution in [0.3, 0.4) is 0 Å². The van der Waals surface area contributed by atoms with E-state index in [9.17, 15) is 0 Å². The lowest BCUT2D eigenvalue weighted by Crippen LogP contribution is -2.33. The number of benzene rings is 4. The predicted molar refractivity (Wildman–Crippen MR) is 235 cm³/mol. The first kappa shape index (κ1) is 36.4. The minimum atomic E-state index is 0.942. The average molecular weight is 734 g/mol. The molecule has 0 unspecified atom stereocenters. The van der Waals surface area contributed by atoms with Crippen molar-refractivity contribution in [2.24, 2.45) is 0 Å². The molecule has 3 aromatic heterocycles.